The summed E-state index contributed by atoms with van der Waals surface area (Å²) in [6, 6.07) is 0. The zero-order chi connectivity index (χ0) is 14.0. The van der Waals surface area contributed by atoms with Crippen molar-refractivity contribution in [3.05, 3.63) is 20.8 Å². The van der Waals surface area contributed by atoms with Crippen molar-refractivity contribution in [2.24, 2.45) is 14.1 Å². The van der Waals surface area contributed by atoms with Crippen LogP contribution in [0.25, 0.3) is 0 Å². The van der Waals surface area contributed by atoms with Crippen LogP contribution in [-0.4, -0.2) is 38.0 Å². The molecule has 0 bridgehead atoms. The molecule has 0 radical (unpaired) electrons. The van der Waals surface area contributed by atoms with E-state index in [9.17, 15) is 14.4 Å². The summed E-state index contributed by atoms with van der Waals surface area (Å²) in [5, 5.41) is 19.7. The molecule has 1 aromatic heterocycles. The van der Waals surface area contributed by atoms with Crippen LogP contribution >= 0.6 is 0 Å². The molecule has 1 heterocycles. The van der Waals surface area contributed by atoms with Crippen LogP contribution < -0.4 is 22.3 Å². The Balaban J connectivity index is 3.31. The van der Waals surface area contributed by atoms with Crippen LogP contribution in [0.15, 0.2) is 9.59 Å². The first-order valence-electron chi connectivity index (χ1n) is 4.96. The highest BCUT2D eigenvalue weighted by atomic mass is 16.3. The summed E-state index contributed by atoms with van der Waals surface area (Å²) in [6.45, 7) is -0.794. The molecule has 0 aliphatic carbocycles. The lowest BCUT2D eigenvalue weighted by molar-refractivity contribution is -0.125. The van der Waals surface area contributed by atoms with Gasteiger partial charge in [-0.05, 0) is 0 Å². The van der Waals surface area contributed by atoms with Crippen molar-refractivity contribution in [3.63, 3.8) is 0 Å². The molecule has 0 saturated heterocycles. The molecule has 1 aromatic rings. The summed E-state index contributed by atoms with van der Waals surface area (Å²) in [4.78, 5) is 34.5. The van der Waals surface area contributed by atoms with Crippen LogP contribution in [0.5, 0.6) is 0 Å². The van der Waals surface area contributed by atoms with Gasteiger partial charge in [0.2, 0.25) is 0 Å². The van der Waals surface area contributed by atoms with Crippen molar-refractivity contribution < 1.29 is 15.0 Å². The van der Waals surface area contributed by atoms with E-state index < -0.39 is 29.9 Å². The molecule has 9 heteroatoms. The minimum Gasteiger partial charge on any atom is -0.393 e. The van der Waals surface area contributed by atoms with Gasteiger partial charge in [0, 0.05) is 14.1 Å². The first-order valence-corrected chi connectivity index (χ1v) is 4.96. The second-order valence-electron chi connectivity index (χ2n) is 3.65. The topological polar surface area (TPSA) is 140 Å². The van der Waals surface area contributed by atoms with Crippen molar-refractivity contribution in [1.29, 1.82) is 0 Å². The van der Waals surface area contributed by atoms with Crippen LogP contribution in [0.3, 0.4) is 0 Å². The van der Waals surface area contributed by atoms with Crippen LogP contribution in [-0.2, 0) is 18.9 Å². The fourth-order valence-corrected chi connectivity index (χ4v) is 1.27. The molecule has 1 atom stereocenters. The summed E-state index contributed by atoms with van der Waals surface area (Å²) in [5.41, 5.74) is 3.77. The molecule has 9 nitrogen and oxygen atoms in total. The smallest absolute Gasteiger partial charge is 0.332 e. The number of nitrogen functional groups attached to an aromatic ring is 1. The number of aromatic nitrogens is 2. The molecular formula is C9H14N4O5. The maximum absolute atomic E-state index is 11.7. The van der Waals surface area contributed by atoms with Gasteiger partial charge in [0.25, 0.3) is 11.5 Å². The standard InChI is InChI=1S/C9H14N4O5/c1-12-6(10)5(8(17)13(2)9(12)18)11-7(16)4(15)3-14/h4,14-15H,3,10H2,1-2H3,(H,11,16). The molecule has 1 unspecified atom stereocenters. The Bertz CT molecular complexity index is 588. The summed E-state index contributed by atoms with van der Waals surface area (Å²) in [5.74, 6) is -1.22. The van der Waals surface area contributed by atoms with E-state index in [-0.39, 0.29) is 11.5 Å². The van der Waals surface area contributed by atoms with Crippen molar-refractivity contribution in [2.45, 2.75) is 6.10 Å². The monoisotopic (exact) mass is 258 g/mol. The van der Waals surface area contributed by atoms with E-state index >= 15 is 0 Å². The molecule has 0 fully saturated rings. The normalized spacial score (nSPS) is 12.2. The summed E-state index contributed by atoms with van der Waals surface area (Å²) >= 11 is 0. The predicted molar refractivity (Wildman–Crippen MR) is 63.1 cm³/mol. The predicted octanol–water partition coefficient (Wildman–Crippen LogP) is -3.04. The van der Waals surface area contributed by atoms with E-state index in [4.69, 9.17) is 15.9 Å². The fraction of sp³-hybridized carbons (Fsp3) is 0.444. The maximum atomic E-state index is 11.7. The molecule has 0 spiro atoms. The summed E-state index contributed by atoms with van der Waals surface area (Å²) in [7, 11) is 2.55. The number of nitrogens with zero attached hydrogens (tertiary/aromatic N) is 2. The van der Waals surface area contributed by atoms with Gasteiger partial charge in [-0.3, -0.25) is 18.7 Å². The van der Waals surface area contributed by atoms with Crippen molar-refractivity contribution in [1.82, 2.24) is 9.13 Å². The lowest BCUT2D eigenvalue weighted by atomic mass is 10.3. The SMILES string of the molecule is Cn1c(N)c(NC(=O)C(O)CO)c(=O)n(C)c1=O. The maximum Gasteiger partial charge on any atom is 0.332 e. The molecule has 1 amide bonds. The van der Waals surface area contributed by atoms with E-state index in [0.717, 1.165) is 9.13 Å². The quantitative estimate of drug-likeness (QED) is 0.454. The number of nitrogens with two attached hydrogens (primary N) is 1. The Hall–Kier alpha value is -2.13. The van der Waals surface area contributed by atoms with Crippen molar-refractivity contribution in [3.8, 4) is 0 Å². The molecule has 1 rings (SSSR count). The van der Waals surface area contributed by atoms with Crippen LogP contribution in [0.4, 0.5) is 11.5 Å². The molecule has 18 heavy (non-hydrogen) atoms. The Labute approximate surface area is 101 Å². The second kappa shape index (κ2) is 5.02. The number of aliphatic hydroxyl groups excluding tert-OH is 2. The summed E-state index contributed by atoms with van der Waals surface area (Å²) < 4.78 is 1.74. The molecule has 5 N–H and O–H groups in total. The number of hydrogen-bond donors (Lipinski definition) is 4. The van der Waals surface area contributed by atoms with Crippen LogP contribution in [0, 0.1) is 0 Å². The van der Waals surface area contributed by atoms with Gasteiger partial charge < -0.3 is 21.3 Å². The largest absolute Gasteiger partial charge is 0.393 e. The summed E-state index contributed by atoms with van der Waals surface area (Å²) in [6.07, 6.45) is -1.67. The molecule has 0 saturated carbocycles. The Morgan fingerprint density at radius 2 is 1.94 bits per heavy atom. The van der Waals surface area contributed by atoms with Crippen molar-refractivity contribution >= 4 is 17.4 Å². The molecular weight excluding hydrogens is 244 g/mol. The van der Waals surface area contributed by atoms with Crippen LogP contribution in [0.2, 0.25) is 0 Å². The van der Waals surface area contributed by atoms with Gasteiger partial charge in [0.05, 0.1) is 6.61 Å². The van der Waals surface area contributed by atoms with Crippen molar-refractivity contribution in [2.75, 3.05) is 17.7 Å². The third-order valence-corrected chi connectivity index (χ3v) is 2.43. The van der Waals surface area contributed by atoms with Gasteiger partial charge in [0.15, 0.2) is 6.10 Å². The Kier molecular flexibility index (Phi) is 3.89. The average molecular weight is 258 g/mol. The molecule has 0 aliphatic rings. The minimum absolute atomic E-state index is 0.235. The fourth-order valence-electron chi connectivity index (χ4n) is 1.27. The van der Waals surface area contributed by atoms with Crippen LogP contribution in [0.1, 0.15) is 0 Å². The highest BCUT2D eigenvalue weighted by molar-refractivity contribution is 5.95. The number of carbonyl (C=O) groups excluding carboxylic acids is 1. The molecule has 0 aliphatic heterocycles. The van der Waals surface area contributed by atoms with Gasteiger partial charge in [-0.15, -0.1) is 0 Å². The van der Waals surface area contributed by atoms with Gasteiger partial charge in [-0.2, -0.15) is 0 Å². The van der Waals surface area contributed by atoms with Gasteiger partial charge in [-0.1, -0.05) is 0 Å². The lowest BCUT2D eigenvalue weighted by Gasteiger charge is -2.13. The third-order valence-electron chi connectivity index (χ3n) is 2.43. The highest BCUT2D eigenvalue weighted by Crippen LogP contribution is 2.09. The number of anilines is 2. The van der Waals surface area contributed by atoms with Gasteiger partial charge >= 0.3 is 5.69 Å². The first-order chi connectivity index (χ1) is 8.31. The van der Waals surface area contributed by atoms with E-state index in [1.54, 1.807) is 0 Å². The molecule has 100 valence electrons. The minimum atomic E-state index is -1.67. The average Bonchev–Trinajstić information content (AvgIpc) is 2.37. The van der Waals surface area contributed by atoms with E-state index in [1.165, 1.54) is 14.1 Å². The second-order valence-corrected chi connectivity index (χ2v) is 3.65. The third kappa shape index (κ3) is 2.26. The van der Waals surface area contributed by atoms with E-state index in [2.05, 4.69) is 5.32 Å². The van der Waals surface area contributed by atoms with E-state index in [1.807, 2.05) is 0 Å². The number of aliphatic hydroxyl groups is 2. The number of carbonyl (C=O) groups is 1. The number of amides is 1. The van der Waals surface area contributed by atoms with Gasteiger partial charge in [-0.25, -0.2) is 4.79 Å². The zero-order valence-electron chi connectivity index (χ0n) is 9.88. The Morgan fingerprint density at radius 3 is 2.44 bits per heavy atom. The number of rotatable bonds is 3. The Morgan fingerprint density at radius 1 is 1.39 bits per heavy atom. The number of nitrogens with one attached hydrogen (secondary N) is 1. The van der Waals surface area contributed by atoms with Gasteiger partial charge in [0.1, 0.15) is 11.5 Å². The zero-order valence-corrected chi connectivity index (χ0v) is 9.88. The van der Waals surface area contributed by atoms with E-state index in [0.29, 0.717) is 0 Å². The first kappa shape index (κ1) is 13.9. The highest BCUT2D eigenvalue weighted by Gasteiger charge is 2.19. The number of hydrogen-bond acceptors (Lipinski definition) is 6. The molecule has 0 aromatic carbocycles. The lowest BCUT2D eigenvalue weighted by Crippen LogP contribution is -2.41.